The summed E-state index contributed by atoms with van der Waals surface area (Å²) in [6, 6.07) is 15.2. The molecule has 3 aromatic heterocycles. The van der Waals surface area contributed by atoms with E-state index in [1.54, 1.807) is 12.1 Å². The van der Waals surface area contributed by atoms with E-state index in [0.717, 1.165) is 106 Å². The molecule has 0 amide bonds. The fraction of sp³-hybridized carbons (Fsp3) is 0.405. The third-order valence-electron chi connectivity index (χ3n) is 10.5. The van der Waals surface area contributed by atoms with Crippen LogP contribution >= 0.6 is 11.6 Å². The smallest absolute Gasteiger partial charge is 0.354 e. The molecule has 0 N–H and O–H groups in total. The first-order valence-corrected chi connectivity index (χ1v) is 19.0. The number of benzene rings is 3. The fourth-order valence-electron chi connectivity index (χ4n) is 7.84. The van der Waals surface area contributed by atoms with Crippen LogP contribution in [0.5, 0.6) is 5.75 Å². The summed E-state index contributed by atoms with van der Waals surface area (Å²) in [5.41, 5.74) is 9.46. The first-order valence-electron chi connectivity index (χ1n) is 18.6. The monoisotopic (exact) mass is 738 g/mol. The Morgan fingerprint density at radius 2 is 1.81 bits per heavy atom. The third kappa shape index (κ3) is 7.19. The van der Waals surface area contributed by atoms with Gasteiger partial charge in [0.1, 0.15) is 17.3 Å². The number of fused-ring (bicyclic) bond motifs is 8. The third-order valence-corrected chi connectivity index (χ3v) is 10.9. The maximum Gasteiger partial charge on any atom is 0.354 e. The minimum Gasteiger partial charge on any atom is -0.493 e. The van der Waals surface area contributed by atoms with Crippen molar-refractivity contribution in [2.45, 2.75) is 78.9 Å². The summed E-state index contributed by atoms with van der Waals surface area (Å²) in [7, 11) is 5.57. The van der Waals surface area contributed by atoms with Crippen molar-refractivity contribution in [1.82, 2.24) is 29.0 Å². The number of aryl methyl sites for hydroxylation is 7. The zero-order valence-corrected chi connectivity index (χ0v) is 32.3. The molecular formula is C42H48ClFN6O3. The average Bonchev–Trinajstić information content (AvgIpc) is 3.77. The number of carbonyl (C=O) groups excluding carboxylic acids is 1. The van der Waals surface area contributed by atoms with Crippen molar-refractivity contribution in [3.05, 3.63) is 98.8 Å². The van der Waals surface area contributed by atoms with Crippen LogP contribution in [0.4, 0.5) is 4.39 Å². The topological polar surface area (TPSA) is 79.3 Å². The number of nitrogens with zero attached hydrogens (tertiary/aromatic N) is 6. The Kier molecular flexibility index (Phi) is 10.6. The van der Waals surface area contributed by atoms with Gasteiger partial charge in [-0.1, -0.05) is 23.7 Å². The van der Waals surface area contributed by atoms with E-state index in [-0.39, 0.29) is 11.8 Å². The molecule has 3 aromatic carbocycles. The van der Waals surface area contributed by atoms with Crippen molar-refractivity contribution < 1.29 is 18.7 Å². The predicted molar refractivity (Wildman–Crippen MR) is 209 cm³/mol. The molecule has 6 aromatic rings. The van der Waals surface area contributed by atoms with Crippen molar-refractivity contribution in [1.29, 1.82) is 0 Å². The fourth-order valence-corrected chi connectivity index (χ4v) is 8.08. The molecule has 11 heteroatoms. The molecule has 0 unspecified atom stereocenters. The van der Waals surface area contributed by atoms with E-state index >= 15 is 0 Å². The summed E-state index contributed by atoms with van der Waals surface area (Å²) < 4.78 is 32.7. The number of ether oxygens (including phenoxy) is 2. The number of rotatable bonds is 5. The van der Waals surface area contributed by atoms with Gasteiger partial charge in [-0.3, -0.25) is 9.36 Å². The molecular weight excluding hydrogens is 691 g/mol. The summed E-state index contributed by atoms with van der Waals surface area (Å²) in [4.78, 5) is 15.7. The Morgan fingerprint density at radius 1 is 1.00 bits per heavy atom. The summed E-state index contributed by atoms with van der Waals surface area (Å²) >= 11 is 7.14. The van der Waals surface area contributed by atoms with Gasteiger partial charge in [-0.15, -0.1) is 0 Å². The molecule has 1 aliphatic rings. The van der Waals surface area contributed by atoms with Crippen molar-refractivity contribution in [3.8, 4) is 17.0 Å². The van der Waals surface area contributed by atoms with Crippen LogP contribution in [0.2, 0.25) is 5.02 Å². The van der Waals surface area contributed by atoms with Gasteiger partial charge >= 0.3 is 5.97 Å². The Labute approximate surface area is 315 Å². The van der Waals surface area contributed by atoms with Gasteiger partial charge in [-0.2, -0.15) is 10.2 Å². The first kappa shape index (κ1) is 36.7. The van der Waals surface area contributed by atoms with Gasteiger partial charge in [-0.05, 0) is 132 Å². The number of hydrogen-bond donors (Lipinski definition) is 0. The van der Waals surface area contributed by atoms with E-state index in [4.69, 9.17) is 31.3 Å². The standard InChI is InChI=1S/C42H48ClFN6O3/c1-7-48-40-35-16-17-36(43)38(40)39-26(2)27(3)45-50(39)18-8-10-31-25-32(49(46-31)20-19-47(4)5)14-12-28-22-29-24-30(44)13-15-33(29)37(23-28)53-21-9-11-34(35)41(48)42(51)52-6/h13,15-17,22-25H,7-12,14,18-21H2,1-6H3. The summed E-state index contributed by atoms with van der Waals surface area (Å²) in [5, 5.41) is 13.3. The van der Waals surface area contributed by atoms with Crippen molar-refractivity contribution in [3.63, 3.8) is 0 Å². The van der Waals surface area contributed by atoms with Crippen LogP contribution in [-0.2, 0) is 50.1 Å². The lowest BCUT2D eigenvalue weighted by Gasteiger charge is -2.15. The molecule has 4 heterocycles. The maximum atomic E-state index is 14.5. The summed E-state index contributed by atoms with van der Waals surface area (Å²) in [6.07, 6.45) is 4.38. The van der Waals surface area contributed by atoms with Gasteiger partial charge in [0.2, 0.25) is 0 Å². The quantitative estimate of drug-likeness (QED) is 0.166. The number of aromatic nitrogens is 5. The average molecular weight is 739 g/mol. The minimum absolute atomic E-state index is 0.279. The highest BCUT2D eigenvalue weighted by molar-refractivity contribution is 6.35. The van der Waals surface area contributed by atoms with Gasteiger partial charge in [0, 0.05) is 41.7 Å². The lowest BCUT2D eigenvalue weighted by molar-refractivity contribution is 0.0587. The van der Waals surface area contributed by atoms with Crippen molar-refractivity contribution >= 4 is 39.2 Å². The van der Waals surface area contributed by atoms with Gasteiger partial charge in [0.15, 0.2) is 0 Å². The molecule has 0 saturated heterocycles. The molecule has 7 rings (SSSR count). The molecule has 1 aliphatic heterocycles. The van der Waals surface area contributed by atoms with Crippen LogP contribution in [0.3, 0.4) is 0 Å². The highest BCUT2D eigenvalue weighted by Gasteiger charge is 2.28. The molecule has 53 heavy (non-hydrogen) atoms. The number of halogens is 2. The van der Waals surface area contributed by atoms with Crippen molar-refractivity contribution in [2.24, 2.45) is 0 Å². The van der Waals surface area contributed by atoms with Crippen LogP contribution < -0.4 is 4.74 Å². The van der Waals surface area contributed by atoms with Gasteiger partial charge in [0.05, 0.1) is 47.9 Å². The highest BCUT2D eigenvalue weighted by Crippen LogP contribution is 2.42. The number of esters is 1. The lowest BCUT2D eigenvalue weighted by Crippen LogP contribution is -2.20. The molecule has 0 aliphatic carbocycles. The second kappa shape index (κ2) is 15.4. The number of methoxy groups -OCH3 is 1. The predicted octanol–water partition coefficient (Wildman–Crippen LogP) is 8.37. The lowest BCUT2D eigenvalue weighted by atomic mass is 10.00. The van der Waals surface area contributed by atoms with Crippen LogP contribution in [0.25, 0.3) is 32.9 Å². The summed E-state index contributed by atoms with van der Waals surface area (Å²) in [5.74, 6) is 0.0586. The van der Waals surface area contributed by atoms with Gasteiger partial charge in [0.25, 0.3) is 0 Å². The number of hydrogen-bond acceptors (Lipinski definition) is 6. The maximum absolute atomic E-state index is 14.5. The Balaban J connectivity index is 1.37. The van der Waals surface area contributed by atoms with E-state index in [0.29, 0.717) is 43.3 Å². The molecule has 278 valence electrons. The summed E-state index contributed by atoms with van der Waals surface area (Å²) in [6.45, 7) is 9.45. The highest BCUT2D eigenvalue weighted by atomic mass is 35.5. The second-order valence-corrected chi connectivity index (χ2v) is 14.7. The van der Waals surface area contributed by atoms with Crippen molar-refractivity contribution in [2.75, 3.05) is 34.4 Å². The molecule has 0 atom stereocenters. The van der Waals surface area contributed by atoms with E-state index in [9.17, 15) is 9.18 Å². The van der Waals surface area contributed by atoms with Crippen LogP contribution in [0.1, 0.15) is 64.0 Å². The van der Waals surface area contributed by atoms with E-state index in [1.807, 2.05) is 30.5 Å². The molecule has 0 spiro atoms. The van der Waals surface area contributed by atoms with E-state index in [1.165, 1.54) is 18.9 Å². The molecule has 8 bridgehead atoms. The zero-order chi connectivity index (χ0) is 37.4. The minimum atomic E-state index is -0.387. The Bertz CT molecular complexity index is 2320. The second-order valence-electron chi connectivity index (χ2n) is 14.3. The number of likely N-dealkylation sites (N-methyl/N-ethyl adjacent to an activating group) is 1. The molecule has 0 saturated carbocycles. The number of carbonyl (C=O) groups is 1. The molecule has 0 radical (unpaired) electrons. The van der Waals surface area contributed by atoms with Crippen LogP contribution in [0, 0.1) is 19.7 Å². The van der Waals surface area contributed by atoms with Crippen LogP contribution in [-0.4, -0.2) is 69.4 Å². The largest absolute Gasteiger partial charge is 0.493 e. The Hall–Kier alpha value is -4.67. The van der Waals surface area contributed by atoms with E-state index in [2.05, 4.69) is 53.5 Å². The van der Waals surface area contributed by atoms with Gasteiger partial charge < -0.3 is 18.9 Å². The van der Waals surface area contributed by atoms with Gasteiger partial charge in [-0.25, -0.2) is 9.18 Å². The van der Waals surface area contributed by atoms with E-state index < -0.39 is 0 Å². The molecule has 9 nitrogen and oxygen atoms in total. The van der Waals surface area contributed by atoms with Crippen LogP contribution in [0.15, 0.2) is 48.5 Å². The normalized spacial score (nSPS) is 14.1. The zero-order valence-electron chi connectivity index (χ0n) is 31.6. The Morgan fingerprint density at radius 3 is 2.58 bits per heavy atom. The SMILES string of the molecule is CCn1c(C(=O)OC)c2c3ccc(Cl)c(c31)-c1c(C)c(C)nn1CCCc1cc(n(CCN(C)C)n1)CCc1cc(c3ccc(F)cc3c1)OCCC2. The molecule has 0 fully saturated rings. The first-order chi connectivity index (χ1) is 25.6.